The summed E-state index contributed by atoms with van der Waals surface area (Å²) in [6.45, 7) is 1.96. The second-order valence-electron chi connectivity index (χ2n) is 3.71. The monoisotopic (exact) mass is 272 g/mol. The molecule has 0 fully saturated rings. The van der Waals surface area contributed by atoms with E-state index in [1.165, 1.54) is 12.1 Å². The van der Waals surface area contributed by atoms with Gasteiger partial charge in [-0.05, 0) is 24.6 Å². The van der Waals surface area contributed by atoms with E-state index >= 15 is 0 Å². The molecule has 6 N–H and O–H groups in total. The van der Waals surface area contributed by atoms with Crippen molar-refractivity contribution in [1.82, 2.24) is 10.0 Å². The molecular formula is C10H16N4O3S. The molecule has 0 atom stereocenters. The molecule has 0 heterocycles. The molecule has 1 aromatic carbocycles. The quantitative estimate of drug-likeness (QED) is 0.426. The van der Waals surface area contributed by atoms with Crippen LogP contribution in [-0.4, -0.2) is 27.5 Å². The number of nitrogens with two attached hydrogens (primary N) is 2. The maximum atomic E-state index is 11.8. The van der Waals surface area contributed by atoms with Crippen LogP contribution in [0.5, 0.6) is 0 Å². The van der Waals surface area contributed by atoms with Crippen LogP contribution in [0.4, 0.5) is 10.5 Å². The van der Waals surface area contributed by atoms with Gasteiger partial charge in [-0.15, -0.1) is 0 Å². The van der Waals surface area contributed by atoms with Crippen LogP contribution in [0.3, 0.4) is 0 Å². The summed E-state index contributed by atoms with van der Waals surface area (Å²) in [5, 5.41) is 2.28. The number of amides is 2. The molecule has 18 heavy (non-hydrogen) atoms. The average Bonchev–Trinajstić information content (AvgIpc) is 2.28. The molecule has 0 saturated heterocycles. The Balaban J connectivity index is 2.68. The molecule has 2 amide bonds. The van der Waals surface area contributed by atoms with E-state index in [0.29, 0.717) is 5.69 Å². The minimum Gasteiger partial charge on any atom is -0.398 e. The summed E-state index contributed by atoms with van der Waals surface area (Å²) in [6, 6.07) is 3.79. The Morgan fingerprint density at radius 1 is 1.33 bits per heavy atom. The smallest absolute Gasteiger partial charge is 0.312 e. The normalized spacial score (nSPS) is 11.2. The van der Waals surface area contributed by atoms with Crippen LogP contribution in [0.15, 0.2) is 23.1 Å². The molecule has 8 heteroatoms. The molecule has 0 aliphatic heterocycles. The highest BCUT2D eigenvalue weighted by Gasteiger charge is 2.13. The molecule has 0 aliphatic carbocycles. The van der Waals surface area contributed by atoms with Crippen LogP contribution >= 0.6 is 0 Å². The van der Waals surface area contributed by atoms with Gasteiger partial charge in [0.2, 0.25) is 10.0 Å². The van der Waals surface area contributed by atoms with Crippen molar-refractivity contribution < 1.29 is 13.2 Å². The zero-order valence-corrected chi connectivity index (χ0v) is 10.8. The third kappa shape index (κ3) is 3.90. The summed E-state index contributed by atoms with van der Waals surface area (Å²) in [5.74, 6) is 0. The molecule has 1 aromatic rings. The third-order valence-electron chi connectivity index (χ3n) is 2.28. The Bertz CT molecular complexity index is 542. The highest BCUT2D eigenvalue weighted by atomic mass is 32.2. The lowest BCUT2D eigenvalue weighted by molar-refractivity contribution is 0.249. The van der Waals surface area contributed by atoms with Crippen molar-refractivity contribution >= 4 is 21.7 Å². The van der Waals surface area contributed by atoms with Gasteiger partial charge in [0.15, 0.2) is 0 Å². The summed E-state index contributed by atoms with van der Waals surface area (Å²) in [4.78, 5) is 10.5. The molecule has 100 valence electrons. The number of carbonyl (C=O) groups is 1. The van der Waals surface area contributed by atoms with Crippen LogP contribution < -0.4 is 21.5 Å². The molecule has 0 unspecified atom stereocenters. The van der Waals surface area contributed by atoms with Crippen LogP contribution in [0.1, 0.15) is 5.56 Å². The number of sulfonamides is 1. The van der Waals surface area contributed by atoms with Crippen molar-refractivity contribution in [1.29, 1.82) is 0 Å². The molecule has 1 rings (SSSR count). The van der Waals surface area contributed by atoms with Gasteiger partial charge in [-0.2, -0.15) is 0 Å². The first-order valence-corrected chi connectivity index (χ1v) is 6.70. The number of rotatable bonds is 5. The predicted octanol–water partition coefficient (Wildman–Crippen LogP) is -0.476. The second kappa shape index (κ2) is 5.69. The molecule has 0 saturated carbocycles. The van der Waals surface area contributed by atoms with Gasteiger partial charge in [0, 0.05) is 18.8 Å². The van der Waals surface area contributed by atoms with E-state index < -0.39 is 16.1 Å². The minimum atomic E-state index is -3.62. The maximum Gasteiger partial charge on any atom is 0.312 e. The van der Waals surface area contributed by atoms with Crippen LogP contribution in [-0.2, 0) is 10.0 Å². The molecular weight excluding hydrogens is 256 g/mol. The van der Waals surface area contributed by atoms with Crippen molar-refractivity contribution in [3.63, 3.8) is 0 Å². The SMILES string of the molecule is Cc1ccc(S(=O)(=O)NCCNC(N)=O)cc1N. The van der Waals surface area contributed by atoms with Crippen molar-refractivity contribution in [3.05, 3.63) is 23.8 Å². The van der Waals surface area contributed by atoms with E-state index in [4.69, 9.17) is 11.5 Å². The van der Waals surface area contributed by atoms with Crippen LogP contribution in [0.2, 0.25) is 0 Å². The topological polar surface area (TPSA) is 127 Å². The lowest BCUT2D eigenvalue weighted by Crippen LogP contribution is -2.37. The summed E-state index contributed by atoms with van der Waals surface area (Å²) >= 11 is 0. The molecule has 0 radical (unpaired) electrons. The third-order valence-corrected chi connectivity index (χ3v) is 3.74. The Morgan fingerprint density at radius 3 is 2.56 bits per heavy atom. The van der Waals surface area contributed by atoms with E-state index in [0.717, 1.165) is 5.56 Å². The zero-order valence-electron chi connectivity index (χ0n) is 9.93. The lowest BCUT2D eigenvalue weighted by atomic mass is 10.2. The number of anilines is 1. The molecule has 0 bridgehead atoms. The predicted molar refractivity (Wildman–Crippen MR) is 68.4 cm³/mol. The molecule has 0 aromatic heterocycles. The van der Waals surface area contributed by atoms with Crippen LogP contribution in [0.25, 0.3) is 0 Å². The number of nitrogen functional groups attached to an aromatic ring is 1. The number of hydrogen-bond donors (Lipinski definition) is 4. The first-order chi connectivity index (χ1) is 8.33. The van der Waals surface area contributed by atoms with Gasteiger partial charge in [0.05, 0.1) is 4.90 Å². The van der Waals surface area contributed by atoms with E-state index in [-0.39, 0.29) is 18.0 Å². The van der Waals surface area contributed by atoms with Gasteiger partial charge >= 0.3 is 6.03 Å². The number of benzene rings is 1. The van der Waals surface area contributed by atoms with Crippen molar-refractivity contribution in [2.45, 2.75) is 11.8 Å². The second-order valence-corrected chi connectivity index (χ2v) is 5.47. The molecule has 7 nitrogen and oxygen atoms in total. The Hall–Kier alpha value is -1.80. The molecule has 0 aliphatic rings. The number of urea groups is 1. The summed E-state index contributed by atoms with van der Waals surface area (Å²) in [5.41, 5.74) is 11.7. The highest BCUT2D eigenvalue weighted by molar-refractivity contribution is 7.89. The Morgan fingerprint density at radius 2 is 2.00 bits per heavy atom. The van der Waals surface area contributed by atoms with Crippen molar-refractivity contribution in [2.24, 2.45) is 5.73 Å². The van der Waals surface area contributed by atoms with Gasteiger partial charge in [0.25, 0.3) is 0 Å². The van der Waals surface area contributed by atoms with E-state index in [2.05, 4.69) is 10.0 Å². The Kier molecular flexibility index (Phi) is 4.51. The van der Waals surface area contributed by atoms with Crippen LogP contribution in [0, 0.1) is 6.92 Å². The van der Waals surface area contributed by atoms with E-state index in [1.807, 2.05) is 0 Å². The number of aryl methyl sites for hydroxylation is 1. The van der Waals surface area contributed by atoms with E-state index in [1.54, 1.807) is 13.0 Å². The number of nitrogens with one attached hydrogen (secondary N) is 2. The standard InChI is InChI=1S/C10H16N4O3S/c1-7-2-3-8(6-9(7)11)18(16,17)14-5-4-13-10(12)15/h2-3,6,14H,4-5,11H2,1H3,(H3,12,13,15). The van der Waals surface area contributed by atoms with Crippen molar-refractivity contribution in [2.75, 3.05) is 18.8 Å². The number of primary amides is 1. The zero-order chi connectivity index (χ0) is 13.8. The fraction of sp³-hybridized carbons (Fsp3) is 0.300. The molecule has 0 spiro atoms. The highest BCUT2D eigenvalue weighted by Crippen LogP contribution is 2.16. The van der Waals surface area contributed by atoms with Gasteiger partial charge in [0.1, 0.15) is 0 Å². The van der Waals surface area contributed by atoms with Gasteiger partial charge in [-0.1, -0.05) is 6.07 Å². The van der Waals surface area contributed by atoms with Gasteiger partial charge in [-0.25, -0.2) is 17.9 Å². The summed E-state index contributed by atoms with van der Waals surface area (Å²) < 4.78 is 26.0. The fourth-order valence-corrected chi connectivity index (χ4v) is 2.31. The number of carbonyl (C=O) groups excluding carboxylic acids is 1. The first-order valence-electron chi connectivity index (χ1n) is 5.22. The largest absolute Gasteiger partial charge is 0.398 e. The first kappa shape index (κ1) is 14.3. The average molecular weight is 272 g/mol. The van der Waals surface area contributed by atoms with E-state index in [9.17, 15) is 13.2 Å². The fourth-order valence-electron chi connectivity index (χ4n) is 1.24. The maximum absolute atomic E-state index is 11.8. The lowest BCUT2D eigenvalue weighted by Gasteiger charge is -2.08. The Labute approximate surface area is 106 Å². The summed E-state index contributed by atoms with van der Waals surface area (Å²) in [6.07, 6.45) is 0. The van der Waals surface area contributed by atoms with Crippen molar-refractivity contribution in [3.8, 4) is 0 Å². The summed E-state index contributed by atoms with van der Waals surface area (Å²) in [7, 11) is -3.62. The number of hydrogen-bond acceptors (Lipinski definition) is 4. The van der Waals surface area contributed by atoms with Gasteiger partial charge < -0.3 is 16.8 Å². The minimum absolute atomic E-state index is 0.0546. The van der Waals surface area contributed by atoms with Gasteiger partial charge in [-0.3, -0.25) is 0 Å².